The van der Waals surface area contributed by atoms with Crippen molar-refractivity contribution in [2.75, 3.05) is 13.2 Å². The summed E-state index contributed by atoms with van der Waals surface area (Å²) in [6.45, 7) is 2.05. The van der Waals surface area contributed by atoms with E-state index in [1.165, 1.54) is 56.9 Å². The zero-order valence-electron chi connectivity index (χ0n) is 12.4. The molecular formula is C18H27NO. The van der Waals surface area contributed by atoms with E-state index >= 15 is 0 Å². The third-order valence-corrected chi connectivity index (χ3v) is 4.80. The Morgan fingerprint density at radius 2 is 1.75 bits per heavy atom. The Morgan fingerprint density at radius 1 is 0.950 bits per heavy atom. The van der Waals surface area contributed by atoms with E-state index in [1.807, 2.05) is 0 Å². The van der Waals surface area contributed by atoms with Gasteiger partial charge in [0.2, 0.25) is 0 Å². The van der Waals surface area contributed by atoms with Crippen LogP contribution in [0.5, 0.6) is 5.75 Å². The number of ether oxygens (including phenoxy) is 1. The van der Waals surface area contributed by atoms with Gasteiger partial charge in [0.05, 0.1) is 6.61 Å². The Bertz CT molecular complexity index is 406. The van der Waals surface area contributed by atoms with Crippen LogP contribution in [0.1, 0.15) is 63.0 Å². The summed E-state index contributed by atoms with van der Waals surface area (Å²) in [5, 5.41) is 3.63. The molecule has 2 nitrogen and oxygen atoms in total. The van der Waals surface area contributed by atoms with E-state index in [1.54, 1.807) is 0 Å². The molecule has 2 fully saturated rings. The molecule has 1 saturated carbocycles. The summed E-state index contributed by atoms with van der Waals surface area (Å²) in [7, 11) is 0. The SMILES string of the molecule is c1ccc(C2CCCCN2)c(OCC2CCCCC2)c1. The van der Waals surface area contributed by atoms with Crippen LogP contribution in [0.25, 0.3) is 0 Å². The van der Waals surface area contributed by atoms with E-state index in [0.717, 1.165) is 24.8 Å². The maximum atomic E-state index is 6.19. The van der Waals surface area contributed by atoms with E-state index in [-0.39, 0.29) is 0 Å². The molecule has 1 saturated heterocycles. The molecule has 1 N–H and O–H groups in total. The fourth-order valence-electron chi connectivity index (χ4n) is 3.58. The number of hydrogen-bond donors (Lipinski definition) is 1. The highest BCUT2D eigenvalue weighted by Crippen LogP contribution is 2.31. The first-order valence-electron chi connectivity index (χ1n) is 8.38. The third kappa shape index (κ3) is 3.54. The molecular weight excluding hydrogens is 246 g/mol. The molecule has 1 aromatic carbocycles. The van der Waals surface area contributed by atoms with Gasteiger partial charge in [-0.15, -0.1) is 0 Å². The minimum atomic E-state index is 0.492. The van der Waals surface area contributed by atoms with Gasteiger partial charge in [0.1, 0.15) is 5.75 Å². The lowest BCUT2D eigenvalue weighted by Gasteiger charge is -2.27. The first-order chi connectivity index (χ1) is 9.93. The summed E-state index contributed by atoms with van der Waals surface area (Å²) in [6.07, 6.45) is 10.8. The average molecular weight is 273 g/mol. The third-order valence-electron chi connectivity index (χ3n) is 4.80. The van der Waals surface area contributed by atoms with Crippen molar-refractivity contribution in [2.24, 2.45) is 5.92 Å². The van der Waals surface area contributed by atoms with Gasteiger partial charge in [-0.25, -0.2) is 0 Å². The second kappa shape index (κ2) is 7.12. The van der Waals surface area contributed by atoms with E-state index in [9.17, 15) is 0 Å². The highest BCUT2D eigenvalue weighted by Gasteiger charge is 2.19. The van der Waals surface area contributed by atoms with Crippen LogP contribution >= 0.6 is 0 Å². The summed E-state index contributed by atoms with van der Waals surface area (Å²) < 4.78 is 6.19. The Balaban J connectivity index is 1.62. The smallest absolute Gasteiger partial charge is 0.124 e. The van der Waals surface area contributed by atoms with Gasteiger partial charge in [0.15, 0.2) is 0 Å². The fraction of sp³-hybridized carbons (Fsp3) is 0.667. The molecule has 2 aliphatic rings. The first kappa shape index (κ1) is 13.9. The van der Waals surface area contributed by atoms with E-state index in [4.69, 9.17) is 4.74 Å². The Kier molecular flexibility index (Phi) is 4.96. The summed E-state index contributed by atoms with van der Waals surface area (Å²) in [5.74, 6) is 1.88. The van der Waals surface area contributed by atoms with Gasteiger partial charge in [-0.2, -0.15) is 0 Å². The van der Waals surface area contributed by atoms with Crippen molar-refractivity contribution in [2.45, 2.75) is 57.4 Å². The van der Waals surface area contributed by atoms with Crippen LogP contribution in [0.2, 0.25) is 0 Å². The maximum Gasteiger partial charge on any atom is 0.124 e. The molecule has 0 radical (unpaired) electrons. The average Bonchev–Trinajstić information content (AvgIpc) is 2.55. The molecule has 110 valence electrons. The van der Waals surface area contributed by atoms with Gasteiger partial charge in [-0.1, -0.05) is 43.9 Å². The summed E-state index contributed by atoms with van der Waals surface area (Å²) >= 11 is 0. The monoisotopic (exact) mass is 273 g/mol. The normalized spacial score (nSPS) is 24.5. The van der Waals surface area contributed by atoms with Crippen molar-refractivity contribution >= 4 is 0 Å². The fourth-order valence-corrected chi connectivity index (χ4v) is 3.58. The number of hydrogen-bond acceptors (Lipinski definition) is 2. The van der Waals surface area contributed by atoms with Crippen LogP contribution in [0.4, 0.5) is 0 Å². The Labute approximate surface area is 122 Å². The van der Waals surface area contributed by atoms with Gasteiger partial charge >= 0.3 is 0 Å². The number of nitrogens with one attached hydrogen (secondary N) is 1. The maximum absolute atomic E-state index is 6.19. The summed E-state index contributed by atoms with van der Waals surface area (Å²) in [5.41, 5.74) is 1.36. The second-order valence-corrected chi connectivity index (χ2v) is 6.36. The summed E-state index contributed by atoms with van der Waals surface area (Å²) in [4.78, 5) is 0. The largest absolute Gasteiger partial charge is 0.493 e. The second-order valence-electron chi connectivity index (χ2n) is 6.36. The van der Waals surface area contributed by atoms with Crippen molar-refractivity contribution in [3.63, 3.8) is 0 Å². The number of benzene rings is 1. The van der Waals surface area contributed by atoms with Gasteiger partial charge < -0.3 is 10.1 Å². The van der Waals surface area contributed by atoms with Gasteiger partial charge in [0.25, 0.3) is 0 Å². The molecule has 1 atom stereocenters. The molecule has 1 heterocycles. The van der Waals surface area contributed by atoms with Gasteiger partial charge in [-0.05, 0) is 44.2 Å². The van der Waals surface area contributed by atoms with Crippen molar-refractivity contribution in [3.05, 3.63) is 29.8 Å². The molecule has 3 rings (SSSR count). The van der Waals surface area contributed by atoms with Crippen molar-refractivity contribution in [1.82, 2.24) is 5.32 Å². The van der Waals surface area contributed by atoms with Gasteiger partial charge in [0, 0.05) is 11.6 Å². The zero-order valence-corrected chi connectivity index (χ0v) is 12.4. The Hall–Kier alpha value is -1.02. The lowest BCUT2D eigenvalue weighted by atomic mass is 9.90. The first-order valence-corrected chi connectivity index (χ1v) is 8.38. The molecule has 2 heteroatoms. The number of rotatable bonds is 4. The lowest BCUT2D eigenvalue weighted by Crippen LogP contribution is -2.27. The van der Waals surface area contributed by atoms with Crippen LogP contribution in [0.3, 0.4) is 0 Å². The van der Waals surface area contributed by atoms with Crippen LogP contribution in [0, 0.1) is 5.92 Å². The van der Waals surface area contributed by atoms with Gasteiger partial charge in [-0.3, -0.25) is 0 Å². The molecule has 0 aromatic heterocycles. The topological polar surface area (TPSA) is 21.3 Å². The quantitative estimate of drug-likeness (QED) is 0.874. The molecule has 0 amide bonds. The highest BCUT2D eigenvalue weighted by atomic mass is 16.5. The van der Waals surface area contributed by atoms with Crippen molar-refractivity contribution in [3.8, 4) is 5.75 Å². The van der Waals surface area contributed by atoms with Crippen LogP contribution in [0.15, 0.2) is 24.3 Å². The molecule has 1 aliphatic carbocycles. The molecule has 1 aromatic rings. The molecule has 0 bridgehead atoms. The van der Waals surface area contributed by atoms with E-state index < -0.39 is 0 Å². The zero-order chi connectivity index (χ0) is 13.6. The molecule has 1 aliphatic heterocycles. The molecule has 0 spiro atoms. The Morgan fingerprint density at radius 3 is 2.55 bits per heavy atom. The van der Waals surface area contributed by atoms with Crippen LogP contribution < -0.4 is 10.1 Å². The minimum absolute atomic E-state index is 0.492. The number of para-hydroxylation sites is 1. The van der Waals surface area contributed by atoms with Crippen LogP contribution in [-0.4, -0.2) is 13.2 Å². The van der Waals surface area contributed by atoms with Crippen molar-refractivity contribution in [1.29, 1.82) is 0 Å². The van der Waals surface area contributed by atoms with Crippen molar-refractivity contribution < 1.29 is 4.74 Å². The van der Waals surface area contributed by atoms with E-state index in [0.29, 0.717) is 6.04 Å². The predicted molar refractivity (Wildman–Crippen MR) is 83.1 cm³/mol. The molecule has 20 heavy (non-hydrogen) atoms. The highest BCUT2D eigenvalue weighted by molar-refractivity contribution is 5.36. The standard InChI is InChI=1S/C18H27NO/c1-2-8-15(9-3-1)14-20-18-12-5-4-10-16(18)17-11-6-7-13-19-17/h4-5,10,12,15,17,19H,1-3,6-9,11,13-14H2. The minimum Gasteiger partial charge on any atom is -0.493 e. The molecule has 1 unspecified atom stereocenters. The van der Waals surface area contributed by atoms with E-state index in [2.05, 4.69) is 29.6 Å². The summed E-state index contributed by atoms with van der Waals surface area (Å²) in [6, 6.07) is 9.11. The van der Waals surface area contributed by atoms with Crippen LogP contribution in [-0.2, 0) is 0 Å². The predicted octanol–water partition coefficient (Wildman–Crippen LogP) is 4.46. The lowest BCUT2D eigenvalue weighted by molar-refractivity contribution is 0.205. The number of piperidine rings is 1.